The van der Waals surface area contributed by atoms with Crippen molar-refractivity contribution in [1.82, 2.24) is 4.90 Å². The highest BCUT2D eigenvalue weighted by molar-refractivity contribution is 14.1. The van der Waals surface area contributed by atoms with Gasteiger partial charge in [-0.3, -0.25) is 4.90 Å². The fourth-order valence-corrected chi connectivity index (χ4v) is 3.59. The van der Waals surface area contributed by atoms with Crippen molar-refractivity contribution in [2.24, 2.45) is 0 Å². The van der Waals surface area contributed by atoms with Crippen molar-refractivity contribution in [2.75, 3.05) is 13.1 Å². The SMILES string of the molecule is Ic1cccc(C2CCN(Cc3ccccc3)CC2)c1. The molecule has 0 aromatic heterocycles. The van der Waals surface area contributed by atoms with Crippen LogP contribution < -0.4 is 0 Å². The lowest BCUT2D eigenvalue weighted by Gasteiger charge is -2.32. The van der Waals surface area contributed by atoms with Gasteiger partial charge in [0.15, 0.2) is 0 Å². The summed E-state index contributed by atoms with van der Waals surface area (Å²) in [7, 11) is 0. The highest BCUT2D eigenvalue weighted by atomic mass is 127. The van der Waals surface area contributed by atoms with Crippen molar-refractivity contribution in [3.8, 4) is 0 Å². The summed E-state index contributed by atoms with van der Waals surface area (Å²) in [5.41, 5.74) is 2.96. The second-order valence-electron chi connectivity index (χ2n) is 5.59. The molecule has 1 aliphatic heterocycles. The Labute approximate surface area is 135 Å². The average molecular weight is 377 g/mol. The van der Waals surface area contributed by atoms with E-state index in [1.165, 1.54) is 40.6 Å². The fraction of sp³-hybridized carbons (Fsp3) is 0.333. The maximum atomic E-state index is 2.58. The van der Waals surface area contributed by atoms with Crippen LogP contribution in [0.1, 0.15) is 29.9 Å². The molecule has 0 saturated carbocycles. The predicted molar refractivity (Wildman–Crippen MR) is 92.9 cm³/mol. The second-order valence-corrected chi connectivity index (χ2v) is 6.84. The molecule has 1 heterocycles. The molecule has 0 radical (unpaired) electrons. The van der Waals surface area contributed by atoms with Crippen LogP contribution in [0.2, 0.25) is 0 Å². The smallest absolute Gasteiger partial charge is 0.0233 e. The zero-order valence-electron chi connectivity index (χ0n) is 11.6. The van der Waals surface area contributed by atoms with E-state index in [1.807, 2.05) is 0 Å². The summed E-state index contributed by atoms with van der Waals surface area (Å²) < 4.78 is 1.35. The van der Waals surface area contributed by atoms with Crippen LogP contribution in [0.4, 0.5) is 0 Å². The van der Waals surface area contributed by atoms with Gasteiger partial charge in [0.05, 0.1) is 0 Å². The summed E-state index contributed by atoms with van der Waals surface area (Å²) in [6.07, 6.45) is 2.57. The van der Waals surface area contributed by atoms with Crippen LogP contribution in [0.15, 0.2) is 54.6 Å². The monoisotopic (exact) mass is 377 g/mol. The third-order valence-corrected chi connectivity index (χ3v) is 4.83. The van der Waals surface area contributed by atoms with E-state index in [0.717, 1.165) is 12.5 Å². The lowest BCUT2D eigenvalue weighted by Crippen LogP contribution is -2.32. The molecule has 3 rings (SSSR count). The van der Waals surface area contributed by atoms with Gasteiger partial charge in [0.1, 0.15) is 0 Å². The topological polar surface area (TPSA) is 3.24 Å². The molecule has 1 nitrogen and oxygen atoms in total. The predicted octanol–water partition coefficient (Wildman–Crippen LogP) is 4.67. The summed E-state index contributed by atoms with van der Waals surface area (Å²) in [6.45, 7) is 3.52. The Morgan fingerprint density at radius 3 is 2.40 bits per heavy atom. The highest BCUT2D eigenvalue weighted by Gasteiger charge is 2.20. The summed E-state index contributed by atoms with van der Waals surface area (Å²) >= 11 is 2.41. The van der Waals surface area contributed by atoms with E-state index in [9.17, 15) is 0 Å². The van der Waals surface area contributed by atoms with Crippen molar-refractivity contribution in [3.05, 3.63) is 69.3 Å². The van der Waals surface area contributed by atoms with Gasteiger partial charge in [0.2, 0.25) is 0 Å². The minimum Gasteiger partial charge on any atom is -0.299 e. The molecule has 0 aliphatic carbocycles. The highest BCUT2D eigenvalue weighted by Crippen LogP contribution is 2.29. The molecule has 104 valence electrons. The molecule has 0 amide bonds. The minimum absolute atomic E-state index is 0.747. The molecule has 0 atom stereocenters. The lowest BCUT2D eigenvalue weighted by molar-refractivity contribution is 0.204. The number of rotatable bonds is 3. The molecule has 20 heavy (non-hydrogen) atoms. The summed E-state index contributed by atoms with van der Waals surface area (Å²) in [6, 6.07) is 19.8. The fourth-order valence-electron chi connectivity index (χ4n) is 3.03. The molecule has 2 aromatic carbocycles. The Hall–Kier alpha value is -0.870. The molecule has 1 aliphatic rings. The molecule has 0 spiro atoms. The average Bonchev–Trinajstić information content (AvgIpc) is 2.49. The summed E-state index contributed by atoms with van der Waals surface area (Å²) in [4.78, 5) is 2.58. The zero-order chi connectivity index (χ0) is 13.8. The van der Waals surface area contributed by atoms with E-state index in [0.29, 0.717) is 0 Å². The van der Waals surface area contributed by atoms with Crippen LogP contribution in [-0.2, 0) is 6.54 Å². The third-order valence-electron chi connectivity index (χ3n) is 4.16. The van der Waals surface area contributed by atoms with Gasteiger partial charge in [-0.05, 0) is 77.7 Å². The van der Waals surface area contributed by atoms with Crippen molar-refractivity contribution in [2.45, 2.75) is 25.3 Å². The first-order valence-electron chi connectivity index (χ1n) is 7.33. The van der Waals surface area contributed by atoms with Crippen LogP contribution in [0.3, 0.4) is 0 Å². The van der Waals surface area contributed by atoms with Gasteiger partial charge in [0.25, 0.3) is 0 Å². The van der Waals surface area contributed by atoms with Gasteiger partial charge in [-0.1, -0.05) is 42.5 Å². The molecule has 0 bridgehead atoms. The first-order chi connectivity index (χ1) is 9.81. The number of likely N-dealkylation sites (tertiary alicyclic amines) is 1. The molecule has 1 saturated heterocycles. The first-order valence-corrected chi connectivity index (χ1v) is 8.41. The molecule has 1 fully saturated rings. The molecule has 2 heteroatoms. The number of piperidine rings is 1. The molecule has 0 unspecified atom stereocenters. The number of benzene rings is 2. The Morgan fingerprint density at radius 1 is 0.950 bits per heavy atom. The van der Waals surface area contributed by atoms with Crippen molar-refractivity contribution in [3.63, 3.8) is 0 Å². The maximum Gasteiger partial charge on any atom is 0.0233 e. The van der Waals surface area contributed by atoms with E-state index < -0.39 is 0 Å². The lowest BCUT2D eigenvalue weighted by atomic mass is 9.89. The van der Waals surface area contributed by atoms with E-state index in [2.05, 4.69) is 82.1 Å². The molecular formula is C18H20IN. The molecule has 0 N–H and O–H groups in total. The molecular weight excluding hydrogens is 357 g/mol. The second kappa shape index (κ2) is 6.72. The van der Waals surface area contributed by atoms with Gasteiger partial charge in [-0.15, -0.1) is 0 Å². The van der Waals surface area contributed by atoms with E-state index in [-0.39, 0.29) is 0 Å². The zero-order valence-corrected chi connectivity index (χ0v) is 13.8. The summed E-state index contributed by atoms with van der Waals surface area (Å²) in [5.74, 6) is 0.747. The van der Waals surface area contributed by atoms with Gasteiger partial charge in [0, 0.05) is 10.1 Å². The van der Waals surface area contributed by atoms with E-state index in [1.54, 1.807) is 0 Å². The number of hydrogen-bond donors (Lipinski definition) is 0. The Morgan fingerprint density at radius 2 is 1.70 bits per heavy atom. The van der Waals surface area contributed by atoms with Gasteiger partial charge in [-0.2, -0.15) is 0 Å². The maximum absolute atomic E-state index is 2.58. The van der Waals surface area contributed by atoms with Gasteiger partial charge >= 0.3 is 0 Å². The van der Waals surface area contributed by atoms with E-state index >= 15 is 0 Å². The minimum atomic E-state index is 0.747. The Balaban J connectivity index is 1.57. The largest absolute Gasteiger partial charge is 0.299 e. The van der Waals surface area contributed by atoms with Crippen LogP contribution >= 0.6 is 22.6 Å². The van der Waals surface area contributed by atoms with Gasteiger partial charge in [-0.25, -0.2) is 0 Å². The Bertz CT molecular complexity index is 544. The van der Waals surface area contributed by atoms with Crippen LogP contribution in [-0.4, -0.2) is 18.0 Å². The number of nitrogens with zero attached hydrogens (tertiary/aromatic N) is 1. The number of hydrogen-bond acceptors (Lipinski definition) is 1. The van der Waals surface area contributed by atoms with Crippen molar-refractivity contribution < 1.29 is 0 Å². The number of halogens is 1. The summed E-state index contributed by atoms with van der Waals surface area (Å²) in [5, 5.41) is 0. The Kier molecular flexibility index (Phi) is 4.73. The third kappa shape index (κ3) is 3.61. The van der Waals surface area contributed by atoms with Crippen LogP contribution in [0, 0.1) is 3.57 Å². The molecule has 2 aromatic rings. The van der Waals surface area contributed by atoms with Crippen LogP contribution in [0.5, 0.6) is 0 Å². The standard InChI is InChI=1S/C18H20IN/c19-18-8-4-7-17(13-18)16-9-11-20(12-10-16)14-15-5-2-1-3-6-15/h1-8,13,16H,9-12,14H2. The quantitative estimate of drug-likeness (QED) is 0.703. The van der Waals surface area contributed by atoms with E-state index in [4.69, 9.17) is 0 Å². The van der Waals surface area contributed by atoms with Crippen LogP contribution in [0.25, 0.3) is 0 Å². The van der Waals surface area contributed by atoms with Crippen molar-refractivity contribution >= 4 is 22.6 Å². The van der Waals surface area contributed by atoms with Crippen molar-refractivity contribution in [1.29, 1.82) is 0 Å². The normalized spacial score (nSPS) is 17.2. The first kappa shape index (κ1) is 14.1. The van der Waals surface area contributed by atoms with Gasteiger partial charge < -0.3 is 0 Å².